The molecule has 1 fully saturated rings. The van der Waals surface area contributed by atoms with Crippen LogP contribution < -0.4 is 5.09 Å². The minimum absolute atomic E-state index is 0.235. The normalized spacial score (nSPS) is 16.6. The zero-order valence-corrected chi connectivity index (χ0v) is 10.8. The van der Waals surface area contributed by atoms with Gasteiger partial charge in [0, 0.05) is 13.0 Å². The molecule has 1 N–H and O–H groups in total. The van der Waals surface area contributed by atoms with E-state index in [4.69, 9.17) is 0 Å². The Hall–Kier alpha value is -0.910. The maximum Gasteiger partial charge on any atom is 0.331 e. The fourth-order valence-corrected chi connectivity index (χ4v) is 2.76. The third kappa shape index (κ3) is 2.26. The van der Waals surface area contributed by atoms with Crippen molar-refractivity contribution in [2.24, 2.45) is 0 Å². The Bertz CT molecular complexity index is 343. The van der Waals surface area contributed by atoms with Crippen molar-refractivity contribution < 1.29 is 14.2 Å². The van der Waals surface area contributed by atoms with Gasteiger partial charge in [0.1, 0.15) is 0 Å². The van der Waals surface area contributed by atoms with Crippen molar-refractivity contribution in [1.82, 2.24) is 19.3 Å². The monoisotopic (exact) mass is 248 g/mol. The van der Waals surface area contributed by atoms with Crippen LogP contribution in [0.5, 0.6) is 0 Å². The highest BCUT2D eigenvalue weighted by atomic mass is 31.2. The largest absolute Gasteiger partial charge is 0.331 e. The number of rotatable bonds is 3. The predicted octanol–water partition coefficient (Wildman–Crippen LogP) is 0.160. The number of nitrogens with one attached hydrogen (secondary N) is 1. The number of carbonyl (C=O) groups excluding carboxylic acids is 2. The number of likely N-dealkylation sites (tertiary alicyclic amines) is 1. The average Bonchev–Trinajstić information content (AvgIpc) is 2.14. The number of imide groups is 1. The van der Waals surface area contributed by atoms with Crippen LogP contribution in [0.1, 0.15) is 6.42 Å². The Kier molecular flexibility index (Phi) is 3.72. The number of carbonyl (C=O) groups is 2. The lowest BCUT2D eigenvalue weighted by Crippen LogP contribution is -2.52. The van der Waals surface area contributed by atoms with Gasteiger partial charge < -0.3 is 0 Å². The van der Waals surface area contributed by atoms with E-state index < -0.39 is 13.6 Å². The third-order valence-corrected chi connectivity index (χ3v) is 5.07. The predicted molar refractivity (Wildman–Crippen MR) is 59.8 cm³/mol. The summed E-state index contributed by atoms with van der Waals surface area (Å²) < 4.78 is 15.2. The summed E-state index contributed by atoms with van der Waals surface area (Å²) in [6.07, 6.45) is 0.377. The summed E-state index contributed by atoms with van der Waals surface area (Å²) in [5.74, 6) is -0.235. The molecule has 0 aromatic rings. The van der Waals surface area contributed by atoms with Gasteiger partial charge in [-0.25, -0.2) is 14.1 Å². The van der Waals surface area contributed by atoms with Crippen LogP contribution in [0.15, 0.2) is 0 Å². The Balaban J connectivity index is 2.73. The molecular formula is C8H17N4O3P. The minimum Gasteiger partial charge on any atom is -0.274 e. The van der Waals surface area contributed by atoms with Gasteiger partial charge in [0.25, 0.3) is 0 Å². The van der Waals surface area contributed by atoms with E-state index >= 15 is 0 Å². The molecule has 0 aromatic carbocycles. The first-order valence-electron chi connectivity index (χ1n) is 4.87. The molecule has 1 aliphatic heterocycles. The van der Waals surface area contributed by atoms with E-state index in [0.29, 0.717) is 13.0 Å². The molecular weight excluding hydrogens is 231 g/mol. The molecule has 92 valence electrons. The molecule has 3 amide bonds. The molecule has 0 unspecified atom stereocenters. The maximum absolute atomic E-state index is 12.4. The van der Waals surface area contributed by atoms with E-state index in [1.54, 1.807) is 28.2 Å². The van der Waals surface area contributed by atoms with Crippen molar-refractivity contribution in [1.29, 1.82) is 0 Å². The molecule has 0 atom stereocenters. The second kappa shape index (κ2) is 4.53. The lowest BCUT2D eigenvalue weighted by Gasteiger charge is -2.34. The van der Waals surface area contributed by atoms with E-state index in [0.717, 1.165) is 4.90 Å². The summed E-state index contributed by atoms with van der Waals surface area (Å²) in [5, 5.41) is 2.40. The highest BCUT2D eigenvalue weighted by Gasteiger charge is 2.36. The van der Waals surface area contributed by atoms with Gasteiger partial charge in [-0.1, -0.05) is 0 Å². The van der Waals surface area contributed by atoms with Gasteiger partial charge in [0.2, 0.25) is 5.91 Å². The fourth-order valence-electron chi connectivity index (χ4n) is 1.27. The van der Waals surface area contributed by atoms with Crippen LogP contribution >= 0.6 is 7.59 Å². The van der Waals surface area contributed by atoms with E-state index in [-0.39, 0.29) is 5.91 Å². The summed E-state index contributed by atoms with van der Waals surface area (Å²) in [7, 11) is 3.33. The number of urea groups is 1. The van der Waals surface area contributed by atoms with Crippen LogP contribution in [-0.2, 0) is 9.36 Å². The molecule has 0 radical (unpaired) electrons. The van der Waals surface area contributed by atoms with Gasteiger partial charge in [-0.15, -0.1) is 0 Å². The Morgan fingerprint density at radius 2 is 1.81 bits per heavy atom. The molecule has 7 nitrogen and oxygen atoms in total. The summed E-state index contributed by atoms with van der Waals surface area (Å²) in [5.41, 5.74) is 0. The van der Waals surface area contributed by atoms with Gasteiger partial charge >= 0.3 is 13.6 Å². The van der Waals surface area contributed by atoms with Crippen LogP contribution in [0.4, 0.5) is 4.79 Å². The molecule has 0 bridgehead atoms. The molecule has 16 heavy (non-hydrogen) atoms. The van der Waals surface area contributed by atoms with E-state index in [9.17, 15) is 14.2 Å². The summed E-state index contributed by atoms with van der Waals surface area (Å²) in [4.78, 5) is 23.7. The molecule has 1 rings (SSSR count). The molecule has 0 aromatic heterocycles. The van der Waals surface area contributed by atoms with Crippen LogP contribution in [0.2, 0.25) is 0 Å². The van der Waals surface area contributed by atoms with Gasteiger partial charge in [0.15, 0.2) is 0 Å². The smallest absolute Gasteiger partial charge is 0.274 e. The molecule has 1 aliphatic rings. The lowest BCUT2D eigenvalue weighted by atomic mass is 10.2. The van der Waals surface area contributed by atoms with Gasteiger partial charge in [0.05, 0.1) is 0 Å². The molecule has 8 heteroatoms. The molecule has 0 saturated carbocycles. The SMILES string of the molecule is CN(C)P(=O)(NC(=O)N1CCC1=O)N(C)C. The Morgan fingerprint density at radius 1 is 1.31 bits per heavy atom. The second-order valence-electron chi connectivity index (χ2n) is 3.95. The third-order valence-electron chi connectivity index (χ3n) is 2.42. The lowest BCUT2D eigenvalue weighted by molar-refractivity contribution is -0.135. The van der Waals surface area contributed by atoms with E-state index in [1.165, 1.54) is 9.34 Å². The quantitative estimate of drug-likeness (QED) is 0.569. The van der Waals surface area contributed by atoms with Crippen LogP contribution in [0, 0.1) is 0 Å². The summed E-state index contributed by atoms with van der Waals surface area (Å²) in [6, 6.07) is -0.595. The van der Waals surface area contributed by atoms with Gasteiger partial charge in [-0.2, -0.15) is 0 Å². The average molecular weight is 248 g/mol. The summed E-state index contributed by atoms with van der Waals surface area (Å²) in [6.45, 7) is 0.394. The van der Waals surface area contributed by atoms with E-state index in [2.05, 4.69) is 5.09 Å². The van der Waals surface area contributed by atoms with Crippen molar-refractivity contribution in [3.05, 3.63) is 0 Å². The number of hydrogen-bond donors (Lipinski definition) is 1. The van der Waals surface area contributed by atoms with Crippen molar-refractivity contribution in [2.45, 2.75) is 6.42 Å². The highest BCUT2D eigenvalue weighted by Crippen LogP contribution is 2.45. The Labute approximate surface area is 94.9 Å². The number of nitrogens with zero attached hydrogens (tertiary/aromatic N) is 3. The second-order valence-corrected chi connectivity index (χ2v) is 6.86. The number of hydrogen-bond acceptors (Lipinski definition) is 3. The molecule has 0 spiro atoms. The van der Waals surface area contributed by atoms with Crippen molar-refractivity contribution >= 4 is 19.5 Å². The summed E-state index contributed by atoms with van der Waals surface area (Å²) >= 11 is 0. The zero-order chi connectivity index (χ0) is 12.5. The molecule has 0 aliphatic carbocycles. The first-order chi connectivity index (χ1) is 7.29. The maximum atomic E-state index is 12.4. The van der Waals surface area contributed by atoms with E-state index in [1.807, 2.05) is 0 Å². The van der Waals surface area contributed by atoms with Gasteiger partial charge in [-0.3, -0.25) is 19.3 Å². The molecule has 1 saturated heterocycles. The van der Waals surface area contributed by atoms with Crippen LogP contribution in [0.25, 0.3) is 0 Å². The van der Waals surface area contributed by atoms with Crippen molar-refractivity contribution in [3.8, 4) is 0 Å². The number of amides is 3. The Morgan fingerprint density at radius 3 is 2.06 bits per heavy atom. The van der Waals surface area contributed by atoms with Crippen molar-refractivity contribution in [3.63, 3.8) is 0 Å². The number of β-lactam (4-membered cyclic amide) rings is 1. The van der Waals surface area contributed by atoms with Crippen molar-refractivity contribution in [2.75, 3.05) is 34.7 Å². The molecule has 1 heterocycles. The fraction of sp³-hybridized carbons (Fsp3) is 0.750. The standard InChI is InChI=1S/C8H17N4O3P/c1-10(2)16(15,11(3)4)9-8(14)12-6-5-7(12)13/h5-6H2,1-4H3,(H,9,14,15). The first-order valence-corrected chi connectivity index (χ1v) is 6.48. The highest BCUT2D eigenvalue weighted by molar-refractivity contribution is 7.57. The first kappa shape index (κ1) is 13.2. The van der Waals surface area contributed by atoms with Crippen LogP contribution in [0.3, 0.4) is 0 Å². The zero-order valence-electron chi connectivity index (χ0n) is 9.93. The van der Waals surface area contributed by atoms with Gasteiger partial charge in [-0.05, 0) is 28.2 Å². The minimum atomic E-state index is -3.11. The topological polar surface area (TPSA) is 73.0 Å². The van der Waals surface area contributed by atoms with Crippen LogP contribution in [-0.4, -0.2) is 60.9 Å².